The second kappa shape index (κ2) is 5.54. The Kier molecular flexibility index (Phi) is 4.19. The number of thioether (sulfide) groups is 1. The number of nitrogens with zero attached hydrogens (tertiary/aromatic N) is 3. The van der Waals surface area contributed by atoms with Gasteiger partial charge < -0.3 is 4.42 Å². The standard InChI is InChI=1S/C14H21N3OS/c1-9-16-17-13(18-9)19-12-7-11(14(2,3)4)6-5-10(12)8-15/h10-12H,5-7H2,1-4H3. The topological polar surface area (TPSA) is 62.7 Å². The lowest BCUT2D eigenvalue weighted by Gasteiger charge is -2.39. The molecule has 0 amide bonds. The molecule has 1 aromatic rings. The number of hydrogen-bond acceptors (Lipinski definition) is 5. The van der Waals surface area contributed by atoms with Crippen molar-refractivity contribution < 1.29 is 4.42 Å². The molecule has 1 aromatic heterocycles. The largest absolute Gasteiger partial charge is 0.416 e. The van der Waals surface area contributed by atoms with Gasteiger partial charge in [0.2, 0.25) is 5.89 Å². The molecule has 5 heteroatoms. The van der Waals surface area contributed by atoms with Crippen molar-refractivity contribution in [3.05, 3.63) is 5.89 Å². The van der Waals surface area contributed by atoms with Crippen LogP contribution in [0.25, 0.3) is 0 Å². The van der Waals surface area contributed by atoms with Crippen molar-refractivity contribution in [1.29, 1.82) is 5.26 Å². The minimum Gasteiger partial charge on any atom is -0.416 e. The minimum absolute atomic E-state index is 0.0933. The first kappa shape index (κ1) is 14.4. The van der Waals surface area contributed by atoms with Crippen LogP contribution in [0.1, 0.15) is 45.9 Å². The molecule has 104 valence electrons. The van der Waals surface area contributed by atoms with Gasteiger partial charge in [-0.2, -0.15) is 5.26 Å². The molecule has 0 aliphatic heterocycles. The number of aromatic nitrogens is 2. The Morgan fingerprint density at radius 2 is 2.05 bits per heavy atom. The van der Waals surface area contributed by atoms with Crippen LogP contribution in [-0.4, -0.2) is 15.4 Å². The first-order valence-electron chi connectivity index (χ1n) is 6.76. The quantitative estimate of drug-likeness (QED) is 0.823. The Hall–Kier alpha value is -1.02. The van der Waals surface area contributed by atoms with E-state index in [1.165, 1.54) is 0 Å². The summed E-state index contributed by atoms with van der Waals surface area (Å²) < 4.78 is 5.43. The minimum atomic E-state index is 0.0933. The summed E-state index contributed by atoms with van der Waals surface area (Å²) in [4.78, 5) is 0. The van der Waals surface area contributed by atoms with E-state index < -0.39 is 0 Å². The van der Waals surface area contributed by atoms with Crippen LogP contribution < -0.4 is 0 Å². The van der Waals surface area contributed by atoms with Gasteiger partial charge >= 0.3 is 0 Å². The van der Waals surface area contributed by atoms with E-state index in [2.05, 4.69) is 37.0 Å². The predicted molar refractivity (Wildman–Crippen MR) is 74.6 cm³/mol. The van der Waals surface area contributed by atoms with Crippen molar-refractivity contribution >= 4 is 11.8 Å². The summed E-state index contributed by atoms with van der Waals surface area (Å²) in [5, 5.41) is 18.0. The van der Waals surface area contributed by atoms with Crippen molar-refractivity contribution in [3.8, 4) is 6.07 Å². The molecule has 19 heavy (non-hydrogen) atoms. The fourth-order valence-electron chi connectivity index (χ4n) is 2.65. The van der Waals surface area contributed by atoms with Crippen molar-refractivity contribution in [1.82, 2.24) is 10.2 Å². The number of rotatable bonds is 2. The SMILES string of the molecule is Cc1nnc(SC2CC(C(C)(C)C)CCC2C#N)o1. The first-order chi connectivity index (χ1) is 8.90. The smallest absolute Gasteiger partial charge is 0.276 e. The van der Waals surface area contributed by atoms with Gasteiger partial charge in [0.15, 0.2) is 0 Å². The first-order valence-corrected chi connectivity index (χ1v) is 7.64. The van der Waals surface area contributed by atoms with Crippen LogP contribution >= 0.6 is 11.8 Å². The Morgan fingerprint density at radius 1 is 1.32 bits per heavy atom. The van der Waals surface area contributed by atoms with Gasteiger partial charge in [0.05, 0.1) is 12.0 Å². The molecule has 0 N–H and O–H groups in total. The molecule has 2 rings (SSSR count). The monoisotopic (exact) mass is 279 g/mol. The third-order valence-electron chi connectivity index (χ3n) is 3.94. The summed E-state index contributed by atoms with van der Waals surface area (Å²) in [5.41, 5.74) is 0.296. The maximum Gasteiger partial charge on any atom is 0.276 e. The van der Waals surface area contributed by atoms with Crippen LogP contribution in [0.5, 0.6) is 0 Å². The molecule has 1 heterocycles. The molecule has 3 atom stereocenters. The Balaban J connectivity index is 2.08. The highest BCUT2D eigenvalue weighted by Gasteiger charge is 2.37. The summed E-state index contributed by atoms with van der Waals surface area (Å²) in [5.74, 6) is 1.33. The van der Waals surface area contributed by atoms with E-state index in [0.29, 0.717) is 22.4 Å². The zero-order valence-electron chi connectivity index (χ0n) is 12.0. The Morgan fingerprint density at radius 3 is 2.58 bits per heavy atom. The summed E-state index contributed by atoms with van der Waals surface area (Å²) in [7, 11) is 0. The van der Waals surface area contributed by atoms with E-state index in [1.54, 1.807) is 18.7 Å². The highest BCUT2D eigenvalue weighted by molar-refractivity contribution is 7.99. The molecule has 4 nitrogen and oxygen atoms in total. The summed E-state index contributed by atoms with van der Waals surface area (Å²) in [6.45, 7) is 8.63. The van der Waals surface area contributed by atoms with E-state index >= 15 is 0 Å². The second-order valence-corrected chi connectivity index (χ2v) is 7.55. The molecule has 1 aliphatic rings. The van der Waals surface area contributed by atoms with Gasteiger partial charge in [0.25, 0.3) is 5.22 Å². The zero-order valence-corrected chi connectivity index (χ0v) is 12.8. The molecule has 1 saturated carbocycles. The van der Waals surface area contributed by atoms with E-state index in [1.807, 2.05) is 0 Å². The average molecular weight is 279 g/mol. The lowest BCUT2D eigenvalue weighted by molar-refractivity contribution is 0.168. The molecular weight excluding hydrogens is 258 g/mol. The fourth-order valence-corrected chi connectivity index (χ4v) is 3.85. The summed E-state index contributed by atoms with van der Waals surface area (Å²) in [6.07, 6.45) is 3.17. The van der Waals surface area contributed by atoms with Crippen LogP contribution in [-0.2, 0) is 0 Å². The highest BCUT2D eigenvalue weighted by Crippen LogP contribution is 2.45. The van der Waals surface area contributed by atoms with Crippen molar-refractivity contribution in [2.45, 2.75) is 57.4 Å². The molecule has 0 spiro atoms. The lowest BCUT2D eigenvalue weighted by atomic mass is 9.70. The van der Waals surface area contributed by atoms with Crippen LogP contribution in [0.4, 0.5) is 0 Å². The van der Waals surface area contributed by atoms with Gasteiger partial charge in [0.1, 0.15) is 0 Å². The van der Waals surface area contributed by atoms with E-state index in [9.17, 15) is 5.26 Å². The number of aryl methyl sites for hydroxylation is 1. The molecule has 3 unspecified atom stereocenters. The third-order valence-corrected chi connectivity index (χ3v) is 5.13. The zero-order chi connectivity index (χ0) is 14.0. The van der Waals surface area contributed by atoms with Gasteiger partial charge in [-0.1, -0.05) is 32.5 Å². The number of nitriles is 1. The van der Waals surface area contributed by atoms with Gasteiger partial charge in [-0.25, -0.2) is 0 Å². The highest BCUT2D eigenvalue weighted by atomic mass is 32.2. The van der Waals surface area contributed by atoms with E-state index in [4.69, 9.17) is 4.42 Å². The molecule has 0 radical (unpaired) electrons. The van der Waals surface area contributed by atoms with Crippen molar-refractivity contribution in [2.75, 3.05) is 0 Å². The Labute approximate surface area is 119 Å². The van der Waals surface area contributed by atoms with Crippen LogP contribution in [0.15, 0.2) is 9.64 Å². The molecule has 0 bridgehead atoms. The van der Waals surface area contributed by atoms with Crippen molar-refractivity contribution in [2.24, 2.45) is 17.3 Å². The van der Waals surface area contributed by atoms with Crippen molar-refractivity contribution in [3.63, 3.8) is 0 Å². The van der Waals surface area contributed by atoms with Gasteiger partial charge in [0, 0.05) is 12.2 Å². The summed E-state index contributed by atoms with van der Waals surface area (Å²) >= 11 is 1.58. The van der Waals surface area contributed by atoms with Crippen LogP contribution in [0.2, 0.25) is 0 Å². The molecule has 1 aliphatic carbocycles. The fraction of sp³-hybridized carbons (Fsp3) is 0.786. The van der Waals surface area contributed by atoms with Gasteiger partial charge in [-0.15, -0.1) is 10.2 Å². The maximum atomic E-state index is 9.30. The van der Waals surface area contributed by atoms with Gasteiger partial charge in [-0.3, -0.25) is 0 Å². The molecular formula is C14H21N3OS. The predicted octanol–water partition coefficient (Wildman–Crippen LogP) is 3.82. The van der Waals surface area contributed by atoms with E-state index in [-0.39, 0.29) is 11.2 Å². The van der Waals surface area contributed by atoms with Gasteiger partial charge in [-0.05, 0) is 30.6 Å². The Bertz CT molecular complexity index is 472. The second-order valence-electron chi connectivity index (χ2n) is 6.35. The lowest BCUT2D eigenvalue weighted by Crippen LogP contribution is -2.33. The van der Waals surface area contributed by atoms with Crippen LogP contribution in [0.3, 0.4) is 0 Å². The molecule has 0 saturated heterocycles. The normalized spacial score (nSPS) is 28.1. The average Bonchev–Trinajstić information content (AvgIpc) is 2.73. The number of hydrogen-bond donors (Lipinski definition) is 0. The van der Waals surface area contributed by atoms with Crippen LogP contribution in [0, 0.1) is 35.5 Å². The van der Waals surface area contributed by atoms with E-state index in [0.717, 1.165) is 19.3 Å². The third kappa shape index (κ3) is 3.50. The maximum absolute atomic E-state index is 9.30. The molecule has 0 aromatic carbocycles. The summed E-state index contributed by atoms with van der Waals surface area (Å²) in [6, 6.07) is 2.44. The molecule has 1 fully saturated rings.